The Hall–Kier alpha value is -1.59. The predicted molar refractivity (Wildman–Crippen MR) is 73.2 cm³/mol. The van der Waals surface area contributed by atoms with Gasteiger partial charge in [-0.1, -0.05) is 6.07 Å². The summed E-state index contributed by atoms with van der Waals surface area (Å²) < 4.78 is 15.3. The number of aryl methyl sites for hydroxylation is 1. The van der Waals surface area contributed by atoms with Crippen molar-refractivity contribution in [2.45, 2.75) is 13.3 Å². The molecule has 0 amide bonds. The molecule has 0 aliphatic carbocycles. The molecule has 0 heterocycles. The lowest BCUT2D eigenvalue weighted by molar-refractivity contribution is 0.0385. The fourth-order valence-electron chi connectivity index (χ4n) is 1.51. The van der Waals surface area contributed by atoms with E-state index < -0.39 is 0 Å². The van der Waals surface area contributed by atoms with Crippen molar-refractivity contribution in [3.8, 4) is 0 Å². The van der Waals surface area contributed by atoms with Crippen molar-refractivity contribution >= 4 is 11.7 Å². The van der Waals surface area contributed by atoms with Crippen molar-refractivity contribution in [2.75, 3.05) is 39.3 Å². The van der Waals surface area contributed by atoms with Crippen molar-refractivity contribution in [1.82, 2.24) is 0 Å². The molecule has 0 radical (unpaired) electrons. The maximum Gasteiger partial charge on any atom is 0.338 e. The summed E-state index contributed by atoms with van der Waals surface area (Å²) in [4.78, 5) is 11.8. The molecular formula is C14H21NO4. The van der Waals surface area contributed by atoms with E-state index in [9.17, 15) is 4.79 Å². The zero-order valence-corrected chi connectivity index (χ0v) is 11.5. The minimum Gasteiger partial charge on any atom is -0.462 e. The largest absolute Gasteiger partial charge is 0.462 e. The second-order valence-electron chi connectivity index (χ2n) is 4.17. The maximum absolute atomic E-state index is 11.8. The first-order valence-corrected chi connectivity index (χ1v) is 6.25. The number of nitrogen functional groups attached to an aromatic ring is 1. The molecule has 0 aliphatic rings. The molecule has 5 heteroatoms. The number of carbonyl (C=O) groups is 1. The minimum atomic E-state index is -0.346. The Morgan fingerprint density at radius 1 is 1.21 bits per heavy atom. The normalized spacial score (nSPS) is 10.4. The van der Waals surface area contributed by atoms with Crippen molar-refractivity contribution in [3.63, 3.8) is 0 Å². The Morgan fingerprint density at radius 3 is 2.74 bits per heavy atom. The van der Waals surface area contributed by atoms with Crippen molar-refractivity contribution in [2.24, 2.45) is 0 Å². The molecule has 0 spiro atoms. The molecule has 0 saturated carbocycles. The Balaban J connectivity index is 2.26. The van der Waals surface area contributed by atoms with E-state index >= 15 is 0 Å². The van der Waals surface area contributed by atoms with Crippen LogP contribution >= 0.6 is 0 Å². The molecule has 0 unspecified atom stereocenters. The van der Waals surface area contributed by atoms with E-state index in [1.807, 2.05) is 6.92 Å². The molecular weight excluding hydrogens is 246 g/mol. The summed E-state index contributed by atoms with van der Waals surface area (Å²) in [6, 6.07) is 5.20. The number of carbonyl (C=O) groups excluding carboxylic acids is 1. The van der Waals surface area contributed by atoms with E-state index in [0.29, 0.717) is 44.1 Å². The SMILES string of the molecule is COCCOCCCOC(=O)c1cc(N)ccc1C. The highest BCUT2D eigenvalue weighted by atomic mass is 16.5. The van der Waals surface area contributed by atoms with Gasteiger partial charge in [-0.3, -0.25) is 0 Å². The highest BCUT2D eigenvalue weighted by molar-refractivity contribution is 5.92. The summed E-state index contributed by atoms with van der Waals surface area (Å²) in [5.74, 6) is -0.346. The van der Waals surface area contributed by atoms with Gasteiger partial charge >= 0.3 is 5.97 Å². The summed E-state index contributed by atoms with van der Waals surface area (Å²) in [6.45, 7) is 3.86. The van der Waals surface area contributed by atoms with E-state index in [2.05, 4.69) is 0 Å². The number of ether oxygens (including phenoxy) is 3. The molecule has 0 saturated heterocycles. The van der Waals surface area contributed by atoms with Crippen LogP contribution in [0.15, 0.2) is 18.2 Å². The number of hydrogen-bond donors (Lipinski definition) is 1. The van der Waals surface area contributed by atoms with Gasteiger partial charge in [0.2, 0.25) is 0 Å². The summed E-state index contributed by atoms with van der Waals surface area (Å²) in [6.07, 6.45) is 0.664. The Morgan fingerprint density at radius 2 is 2.00 bits per heavy atom. The van der Waals surface area contributed by atoms with Crippen LogP contribution in [-0.4, -0.2) is 39.5 Å². The molecule has 0 aliphatic heterocycles. The van der Waals surface area contributed by atoms with Crippen LogP contribution in [-0.2, 0) is 14.2 Å². The monoisotopic (exact) mass is 267 g/mol. The first kappa shape index (κ1) is 15.5. The third-order valence-electron chi connectivity index (χ3n) is 2.58. The number of rotatable bonds is 8. The van der Waals surface area contributed by atoms with Crippen molar-refractivity contribution in [1.29, 1.82) is 0 Å². The van der Waals surface area contributed by atoms with Gasteiger partial charge in [0.1, 0.15) is 0 Å². The smallest absolute Gasteiger partial charge is 0.338 e. The van der Waals surface area contributed by atoms with Crippen LogP contribution in [0.2, 0.25) is 0 Å². The van der Waals surface area contributed by atoms with Crippen LogP contribution in [0, 0.1) is 6.92 Å². The van der Waals surface area contributed by atoms with Crippen LogP contribution in [0.25, 0.3) is 0 Å². The Bertz CT molecular complexity index is 406. The number of methoxy groups -OCH3 is 1. The summed E-state index contributed by atoms with van der Waals surface area (Å²) in [7, 11) is 1.62. The molecule has 0 aromatic heterocycles. The zero-order chi connectivity index (χ0) is 14.1. The quantitative estimate of drug-likeness (QED) is 0.441. The average Bonchev–Trinajstić information content (AvgIpc) is 2.40. The number of hydrogen-bond acceptors (Lipinski definition) is 5. The topological polar surface area (TPSA) is 70.8 Å². The number of benzene rings is 1. The van der Waals surface area contributed by atoms with Gasteiger partial charge in [-0.2, -0.15) is 0 Å². The lowest BCUT2D eigenvalue weighted by Crippen LogP contribution is -2.11. The molecule has 0 bridgehead atoms. The molecule has 106 valence electrons. The first-order valence-electron chi connectivity index (χ1n) is 6.25. The van der Waals surface area contributed by atoms with Crippen molar-refractivity contribution < 1.29 is 19.0 Å². The standard InChI is InChI=1S/C14H21NO4/c1-11-4-5-12(15)10-13(11)14(16)19-7-3-6-18-9-8-17-2/h4-5,10H,3,6-9,15H2,1-2H3. The molecule has 2 N–H and O–H groups in total. The van der Waals surface area contributed by atoms with Crippen LogP contribution in [0.3, 0.4) is 0 Å². The van der Waals surface area contributed by atoms with Gasteiger partial charge in [0.15, 0.2) is 0 Å². The highest BCUT2D eigenvalue weighted by Gasteiger charge is 2.10. The van der Waals surface area contributed by atoms with Crippen LogP contribution in [0.5, 0.6) is 0 Å². The van der Waals surface area contributed by atoms with E-state index in [1.54, 1.807) is 25.3 Å². The first-order chi connectivity index (χ1) is 9.15. The molecule has 5 nitrogen and oxygen atoms in total. The fraction of sp³-hybridized carbons (Fsp3) is 0.500. The van der Waals surface area contributed by atoms with Crippen molar-refractivity contribution in [3.05, 3.63) is 29.3 Å². The Labute approximate surface area is 113 Å². The minimum absolute atomic E-state index is 0.333. The summed E-state index contributed by atoms with van der Waals surface area (Å²) in [5.41, 5.74) is 7.58. The van der Waals surface area contributed by atoms with Gasteiger partial charge in [-0.15, -0.1) is 0 Å². The van der Waals surface area contributed by atoms with E-state index in [0.717, 1.165) is 5.56 Å². The van der Waals surface area contributed by atoms with E-state index in [4.69, 9.17) is 19.9 Å². The molecule has 1 aromatic carbocycles. The third-order valence-corrected chi connectivity index (χ3v) is 2.58. The van der Waals surface area contributed by atoms with Gasteiger partial charge in [0, 0.05) is 25.8 Å². The van der Waals surface area contributed by atoms with Gasteiger partial charge in [-0.25, -0.2) is 4.79 Å². The average molecular weight is 267 g/mol. The second-order valence-corrected chi connectivity index (χ2v) is 4.17. The van der Waals surface area contributed by atoms with Gasteiger partial charge < -0.3 is 19.9 Å². The van der Waals surface area contributed by atoms with E-state index in [-0.39, 0.29) is 5.97 Å². The van der Waals surface area contributed by atoms with Crippen LogP contribution in [0.4, 0.5) is 5.69 Å². The lowest BCUT2D eigenvalue weighted by Gasteiger charge is -2.08. The molecule has 0 atom stereocenters. The fourth-order valence-corrected chi connectivity index (χ4v) is 1.51. The number of anilines is 1. The molecule has 1 aromatic rings. The van der Waals surface area contributed by atoms with Crippen LogP contribution in [0.1, 0.15) is 22.3 Å². The van der Waals surface area contributed by atoms with Gasteiger partial charge in [0.25, 0.3) is 0 Å². The molecule has 19 heavy (non-hydrogen) atoms. The number of nitrogens with two attached hydrogens (primary N) is 1. The number of esters is 1. The Kier molecular flexibility index (Phi) is 6.92. The second kappa shape index (κ2) is 8.50. The summed E-state index contributed by atoms with van der Waals surface area (Å²) >= 11 is 0. The summed E-state index contributed by atoms with van der Waals surface area (Å²) in [5, 5.41) is 0. The zero-order valence-electron chi connectivity index (χ0n) is 11.5. The predicted octanol–water partition coefficient (Wildman–Crippen LogP) is 1.79. The molecule has 0 fully saturated rings. The third kappa shape index (κ3) is 5.72. The van der Waals surface area contributed by atoms with Gasteiger partial charge in [-0.05, 0) is 24.6 Å². The van der Waals surface area contributed by atoms with Gasteiger partial charge in [0.05, 0.1) is 25.4 Å². The van der Waals surface area contributed by atoms with Crippen LogP contribution < -0.4 is 5.73 Å². The lowest BCUT2D eigenvalue weighted by atomic mass is 10.1. The maximum atomic E-state index is 11.8. The molecule has 1 rings (SSSR count). The van der Waals surface area contributed by atoms with E-state index in [1.165, 1.54) is 0 Å². The highest BCUT2D eigenvalue weighted by Crippen LogP contribution is 2.13.